The van der Waals surface area contributed by atoms with E-state index in [1.54, 1.807) is 0 Å². The summed E-state index contributed by atoms with van der Waals surface area (Å²) in [5, 5.41) is 0. The maximum atomic E-state index is 12.6. The molecular formula is C18H25NO3. The number of benzene rings is 1. The average Bonchev–Trinajstić information content (AvgIpc) is 2.57. The minimum absolute atomic E-state index is 0.0451. The fourth-order valence-corrected chi connectivity index (χ4v) is 3.45. The Morgan fingerprint density at radius 1 is 1.23 bits per heavy atom. The van der Waals surface area contributed by atoms with E-state index in [-0.39, 0.29) is 17.6 Å². The maximum Gasteiger partial charge on any atom is 0.227 e. The molecule has 3 rings (SSSR count). The van der Waals surface area contributed by atoms with Crippen molar-refractivity contribution in [2.24, 2.45) is 0 Å². The predicted molar refractivity (Wildman–Crippen MR) is 84.5 cm³/mol. The van der Waals surface area contributed by atoms with Gasteiger partial charge in [-0.3, -0.25) is 4.79 Å². The van der Waals surface area contributed by atoms with Crippen molar-refractivity contribution in [3.05, 3.63) is 35.9 Å². The Morgan fingerprint density at radius 2 is 1.95 bits per heavy atom. The molecule has 0 saturated carbocycles. The van der Waals surface area contributed by atoms with E-state index < -0.39 is 0 Å². The molecule has 2 fully saturated rings. The van der Waals surface area contributed by atoms with Gasteiger partial charge in [0, 0.05) is 18.5 Å². The topological polar surface area (TPSA) is 38.8 Å². The summed E-state index contributed by atoms with van der Waals surface area (Å²) in [6.45, 7) is 5.27. The molecule has 22 heavy (non-hydrogen) atoms. The van der Waals surface area contributed by atoms with Gasteiger partial charge in [-0.25, -0.2) is 0 Å². The number of hydrogen-bond donors (Lipinski definition) is 0. The minimum Gasteiger partial charge on any atom is -0.352 e. The highest BCUT2D eigenvalue weighted by atomic mass is 16.7. The van der Waals surface area contributed by atoms with Gasteiger partial charge in [-0.1, -0.05) is 37.3 Å². The average molecular weight is 303 g/mol. The molecule has 2 heterocycles. The van der Waals surface area contributed by atoms with Crippen molar-refractivity contribution in [2.45, 2.75) is 44.3 Å². The molecule has 0 unspecified atom stereocenters. The number of ether oxygens (including phenoxy) is 2. The molecular weight excluding hydrogens is 278 g/mol. The molecule has 0 N–H and O–H groups in total. The van der Waals surface area contributed by atoms with Crippen LogP contribution >= 0.6 is 0 Å². The molecule has 0 spiro atoms. The van der Waals surface area contributed by atoms with Crippen molar-refractivity contribution in [1.82, 2.24) is 4.90 Å². The van der Waals surface area contributed by atoms with Crippen LogP contribution in [0.2, 0.25) is 0 Å². The first-order valence-corrected chi connectivity index (χ1v) is 8.24. The number of likely N-dealkylation sites (tertiary alicyclic amines) is 1. The van der Waals surface area contributed by atoms with E-state index >= 15 is 0 Å². The van der Waals surface area contributed by atoms with Gasteiger partial charge in [0.1, 0.15) is 0 Å². The van der Waals surface area contributed by atoms with Gasteiger partial charge in [-0.05, 0) is 24.8 Å². The Morgan fingerprint density at radius 3 is 2.68 bits per heavy atom. The highest BCUT2D eigenvalue weighted by Gasteiger charge is 2.35. The number of piperidine rings is 1. The van der Waals surface area contributed by atoms with Gasteiger partial charge in [0.25, 0.3) is 0 Å². The summed E-state index contributed by atoms with van der Waals surface area (Å²) in [5.41, 5.74) is 1.36. The zero-order valence-corrected chi connectivity index (χ0v) is 13.3. The van der Waals surface area contributed by atoms with Crippen LogP contribution in [0.1, 0.15) is 38.2 Å². The van der Waals surface area contributed by atoms with Gasteiger partial charge in [0.2, 0.25) is 5.91 Å². The lowest BCUT2D eigenvalue weighted by molar-refractivity contribution is -0.187. The smallest absolute Gasteiger partial charge is 0.227 e. The number of hydrogen-bond acceptors (Lipinski definition) is 3. The van der Waals surface area contributed by atoms with Crippen LogP contribution in [-0.4, -0.2) is 43.4 Å². The first-order chi connectivity index (χ1) is 10.7. The van der Waals surface area contributed by atoms with Crippen LogP contribution in [0.3, 0.4) is 0 Å². The third-order valence-corrected chi connectivity index (χ3v) is 4.76. The van der Waals surface area contributed by atoms with Crippen molar-refractivity contribution in [2.75, 3.05) is 26.3 Å². The van der Waals surface area contributed by atoms with Crippen molar-refractivity contribution >= 4 is 5.91 Å². The summed E-state index contributed by atoms with van der Waals surface area (Å²) in [6.07, 6.45) is 3.07. The summed E-state index contributed by atoms with van der Waals surface area (Å²) in [5.74, 6) is 0.147. The number of carbonyl (C=O) groups is 1. The normalized spacial score (nSPS) is 26.9. The summed E-state index contributed by atoms with van der Waals surface area (Å²) in [7, 11) is 0. The first kappa shape index (κ1) is 15.5. The van der Waals surface area contributed by atoms with Crippen molar-refractivity contribution in [3.8, 4) is 0 Å². The van der Waals surface area contributed by atoms with Crippen LogP contribution in [0, 0.1) is 0 Å². The van der Waals surface area contributed by atoms with Crippen LogP contribution < -0.4 is 0 Å². The Hall–Kier alpha value is -1.39. The molecule has 2 saturated heterocycles. The van der Waals surface area contributed by atoms with Crippen molar-refractivity contribution in [3.63, 3.8) is 0 Å². The summed E-state index contributed by atoms with van der Waals surface area (Å²) in [4.78, 5) is 14.5. The Kier molecular flexibility index (Phi) is 4.79. The maximum absolute atomic E-state index is 12.6. The molecule has 120 valence electrons. The molecule has 4 heteroatoms. The molecule has 1 amide bonds. The van der Waals surface area contributed by atoms with Crippen LogP contribution in [0.4, 0.5) is 0 Å². The Labute approximate surface area is 132 Å². The van der Waals surface area contributed by atoms with Gasteiger partial charge < -0.3 is 14.4 Å². The number of rotatable bonds is 3. The van der Waals surface area contributed by atoms with Crippen molar-refractivity contribution < 1.29 is 14.3 Å². The third-order valence-electron chi connectivity index (χ3n) is 4.76. The number of carbonyl (C=O) groups excluding carboxylic acids is 1. The van der Waals surface area contributed by atoms with Gasteiger partial charge in [-0.2, -0.15) is 0 Å². The monoisotopic (exact) mass is 303 g/mol. The zero-order valence-electron chi connectivity index (χ0n) is 13.3. The Balaban J connectivity index is 1.63. The zero-order chi connectivity index (χ0) is 15.4. The van der Waals surface area contributed by atoms with E-state index in [0.717, 1.165) is 32.4 Å². The van der Waals surface area contributed by atoms with Crippen LogP contribution in [0.5, 0.6) is 0 Å². The molecule has 1 atom stereocenters. The SMILES string of the molecule is C[C@@]1(c2ccccc2)CCCN(C(=O)CC2OCCCO2)C1. The standard InChI is InChI=1S/C18H25NO3/c1-18(15-7-3-2-4-8-15)9-5-10-19(14-18)16(20)13-17-21-11-6-12-22-17/h2-4,7-8,17H,5-6,9-14H2,1H3/t18-/m1/s1. The summed E-state index contributed by atoms with van der Waals surface area (Å²) >= 11 is 0. The fraction of sp³-hybridized carbons (Fsp3) is 0.611. The predicted octanol–water partition coefficient (Wildman–Crippen LogP) is 2.72. The van der Waals surface area contributed by atoms with E-state index in [1.165, 1.54) is 5.56 Å². The summed E-state index contributed by atoms with van der Waals surface area (Å²) < 4.78 is 11.0. The van der Waals surface area contributed by atoms with E-state index in [4.69, 9.17) is 9.47 Å². The molecule has 0 aliphatic carbocycles. The molecule has 2 aliphatic heterocycles. The molecule has 2 aliphatic rings. The molecule has 0 radical (unpaired) electrons. The quantitative estimate of drug-likeness (QED) is 0.862. The largest absolute Gasteiger partial charge is 0.352 e. The van der Waals surface area contributed by atoms with Crippen LogP contribution in [-0.2, 0) is 19.7 Å². The number of amides is 1. The molecule has 1 aromatic rings. The number of nitrogens with zero attached hydrogens (tertiary/aromatic N) is 1. The lowest BCUT2D eigenvalue weighted by Crippen LogP contribution is -2.48. The highest BCUT2D eigenvalue weighted by Crippen LogP contribution is 2.33. The lowest BCUT2D eigenvalue weighted by atomic mass is 9.76. The second-order valence-corrected chi connectivity index (χ2v) is 6.57. The summed E-state index contributed by atoms with van der Waals surface area (Å²) in [6, 6.07) is 10.5. The second-order valence-electron chi connectivity index (χ2n) is 6.57. The van der Waals surface area contributed by atoms with Gasteiger partial charge >= 0.3 is 0 Å². The third kappa shape index (κ3) is 3.50. The molecule has 1 aromatic carbocycles. The van der Waals surface area contributed by atoms with E-state index in [0.29, 0.717) is 19.6 Å². The van der Waals surface area contributed by atoms with Crippen LogP contribution in [0.25, 0.3) is 0 Å². The molecule has 0 bridgehead atoms. The lowest BCUT2D eigenvalue weighted by Gasteiger charge is -2.41. The van der Waals surface area contributed by atoms with Gasteiger partial charge in [0.15, 0.2) is 6.29 Å². The van der Waals surface area contributed by atoms with E-state index in [1.807, 2.05) is 11.0 Å². The van der Waals surface area contributed by atoms with Gasteiger partial charge in [0.05, 0.1) is 19.6 Å². The minimum atomic E-state index is -0.355. The molecule has 0 aromatic heterocycles. The second kappa shape index (κ2) is 6.80. The van der Waals surface area contributed by atoms with E-state index in [9.17, 15) is 4.79 Å². The Bertz CT molecular complexity index is 498. The fourth-order valence-electron chi connectivity index (χ4n) is 3.45. The van der Waals surface area contributed by atoms with Crippen LogP contribution in [0.15, 0.2) is 30.3 Å². The molecule has 4 nitrogen and oxygen atoms in total. The highest BCUT2D eigenvalue weighted by molar-refractivity contribution is 5.76. The van der Waals surface area contributed by atoms with E-state index in [2.05, 4.69) is 31.2 Å². The van der Waals surface area contributed by atoms with Crippen molar-refractivity contribution in [1.29, 1.82) is 0 Å². The van der Waals surface area contributed by atoms with Gasteiger partial charge in [-0.15, -0.1) is 0 Å². The first-order valence-electron chi connectivity index (χ1n) is 8.24.